The van der Waals surface area contributed by atoms with E-state index in [1.807, 2.05) is 24.3 Å². The Morgan fingerprint density at radius 1 is 1.27 bits per heavy atom. The van der Waals surface area contributed by atoms with Gasteiger partial charge in [0.1, 0.15) is 22.4 Å². The molecule has 3 heterocycles. The first kappa shape index (κ1) is 26.6. The summed E-state index contributed by atoms with van der Waals surface area (Å²) in [5, 5.41) is 17.0. The summed E-state index contributed by atoms with van der Waals surface area (Å²) in [7, 11) is 0. The topological polar surface area (TPSA) is 102 Å². The first-order valence-corrected chi connectivity index (χ1v) is 13.4. The van der Waals surface area contributed by atoms with Crippen LogP contribution in [0.25, 0.3) is 0 Å². The van der Waals surface area contributed by atoms with Crippen LogP contribution in [0, 0.1) is 0 Å². The number of hydrogen-bond donors (Lipinski definition) is 2. The number of morpholine rings is 1. The molecule has 3 aromatic rings. The normalized spacial score (nSPS) is 14.2. The lowest BCUT2D eigenvalue weighted by molar-refractivity contribution is 0.122. The van der Waals surface area contributed by atoms with Crippen LogP contribution in [0.4, 0.5) is 22.0 Å². The highest BCUT2D eigenvalue weighted by Crippen LogP contribution is 2.27. The van der Waals surface area contributed by atoms with Crippen LogP contribution >= 0.6 is 11.3 Å². The highest BCUT2D eigenvalue weighted by atomic mass is 32.1. The minimum atomic E-state index is -0.509. The van der Waals surface area contributed by atoms with E-state index in [2.05, 4.69) is 58.3 Å². The van der Waals surface area contributed by atoms with Crippen molar-refractivity contribution in [1.82, 2.24) is 15.2 Å². The van der Waals surface area contributed by atoms with Crippen LogP contribution in [0.15, 0.2) is 49.1 Å². The Hall–Kier alpha value is -3.50. The first-order valence-electron chi connectivity index (χ1n) is 12.6. The molecule has 0 aliphatic carbocycles. The largest absolute Gasteiger partial charge is 0.445 e. The summed E-state index contributed by atoms with van der Waals surface area (Å²) in [5.41, 5.74) is 3.82. The number of hydrogen-bond acceptors (Lipinski definition) is 9. The summed E-state index contributed by atoms with van der Waals surface area (Å²) in [6.45, 7) is 11.7. The number of carbonyl (C=O) groups is 1. The Morgan fingerprint density at radius 3 is 2.86 bits per heavy atom. The van der Waals surface area contributed by atoms with Crippen molar-refractivity contribution in [3.63, 3.8) is 0 Å². The molecule has 1 unspecified atom stereocenters. The molecule has 1 aliphatic rings. The van der Waals surface area contributed by atoms with E-state index in [0.29, 0.717) is 12.2 Å². The molecule has 196 valence electrons. The van der Waals surface area contributed by atoms with Crippen LogP contribution in [-0.4, -0.2) is 54.2 Å². The van der Waals surface area contributed by atoms with Gasteiger partial charge in [-0.1, -0.05) is 38.6 Å². The van der Waals surface area contributed by atoms with Crippen LogP contribution in [0.1, 0.15) is 41.0 Å². The predicted octanol–water partition coefficient (Wildman–Crippen LogP) is 5.02. The Balaban J connectivity index is 1.48. The van der Waals surface area contributed by atoms with E-state index in [1.54, 1.807) is 11.3 Å². The third-order valence-corrected chi connectivity index (χ3v) is 7.24. The van der Waals surface area contributed by atoms with Crippen LogP contribution < -0.4 is 15.5 Å². The van der Waals surface area contributed by atoms with Gasteiger partial charge in [-0.3, -0.25) is 5.32 Å². The lowest BCUT2D eigenvalue weighted by Gasteiger charge is -2.29. The maximum absolute atomic E-state index is 11.9. The number of benzene rings is 1. The molecule has 1 saturated heterocycles. The second-order valence-electron chi connectivity index (χ2n) is 8.86. The molecule has 0 spiro atoms. The predicted molar refractivity (Wildman–Crippen MR) is 148 cm³/mol. The number of amides is 1. The van der Waals surface area contributed by atoms with Crippen LogP contribution in [0.3, 0.4) is 0 Å². The van der Waals surface area contributed by atoms with Crippen molar-refractivity contribution in [2.75, 3.05) is 48.4 Å². The van der Waals surface area contributed by atoms with Gasteiger partial charge in [0, 0.05) is 48.7 Å². The van der Waals surface area contributed by atoms with Crippen molar-refractivity contribution in [2.24, 2.45) is 0 Å². The number of rotatable bonds is 11. The molecular weight excluding hydrogens is 488 g/mol. The molecular formula is C27H34N6O3S. The molecule has 1 aliphatic heterocycles. The molecule has 2 N–H and O–H groups in total. The number of nitrogens with one attached hydrogen (secondary N) is 2. The van der Waals surface area contributed by atoms with Gasteiger partial charge in [-0.2, -0.15) is 0 Å². The number of ether oxygens (including phenoxy) is 2. The standard InChI is InChI=1S/C27H34N6O3S/c1-4-11-36-27(34)30-21-8-6-7-20(15-21)18-28-24-17-23(33-9-12-35-13-10-33)16-22(29-24)14-19(3)26-32-31-25(5-2)37-26/h4,6-8,15-17,19H,1,5,9-14,18H2,2-3H3,(H,28,29)(H,30,34). The van der Waals surface area contributed by atoms with Gasteiger partial charge in [-0.25, -0.2) is 9.78 Å². The van der Waals surface area contributed by atoms with Crippen molar-refractivity contribution in [2.45, 2.75) is 39.2 Å². The zero-order valence-corrected chi connectivity index (χ0v) is 22.2. The Kier molecular flexibility index (Phi) is 9.45. The molecule has 2 aromatic heterocycles. The number of aryl methyl sites for hydroxylation is 1. The van der Waals surface area contributed by atoms with Crippen LogP contribution in [-0.2, 0) is 28.9 Å². The van der Waals surface area contributed by atoms with Gasteiger partial charge in [0.25, 0.3) is 0 Å². The number of nitrogens with zero attached hydrogens (tertiary/aromatic N) is 4. The Bertz CT molecular complexity index is 1190. The molecule has 37 heavy (non-hydrogen) atoms. The third kappa shape index (κ3) is 7.74. The van der Waals surface area contributed by atoms with E-state index in [9.17, 15) is 4.79 Å². The molecule has 0 saturated carbocycles. The molecule has 0 radical (unpaired) electrons. The molecule has 0 bridgehead atoms. The summed E-state index contributed by atoms with van der Waals surface area (Å²) in [6.07, 6.45) is 2.70. The first-order chi connectivity index (χ1) is 18.0. The molecule has 9 nitrogen and oxygen atoms in total. The monoisotopic (exact) mass is 522 g/mol. The second kappa shape index (κ2) is 13.2. The fourth-order valence-corrected chi connectivity index (χ4v) is 4.85. The van der Waals surface area contributed by atoms with Crippen molar-refractivity contribution in [3.8, 4) is 0 Å². The Morgan fingerprint density at radius 2 is 2.11 bits per heavy atom. The molecule has 1 fully saturated rings. The summed E-state index contributed by atoms with van der Waals surface area (Å²) in [6, 6.07) is 11.9. The molecule has 10 heteroatoms. The summed E-state index contributed by atoms with van der Waals surface area (Å²) < 4.78 is 10.6. The summed E-state index contributed by atoms with van der Waals surface area (Å²) >= 11 is 1.68. The van der Waals surface area contributed by atoms with E-state index in [4.69, 9.17) is 14.5 Å². The fraction of sp³-hybridized carbons (Fsp3) is 0.407. The maximum Gasteiger partial charge on any atom is 0.411 e. The van der Waals surface area contributed by atoms with E-state index < -0.39 is 6.09 Å². The number of pyridine rings is 1. The summed E-state index contributed by atoms with van der Waals surface area (Å²) in [5.74, 6) is 1.03. The SMILES string of the molecule is C=CCOC(=O)Nc1cccc(CNc2cc(N3CCOCC3)cc(CC(C)c3nnc(CC)s3)n2)c1. The highest BCUT2D eigenvalue weighted by Gasteiger charge is 2.17. The minimum Gasteiger partial charge on any atom is -0.445 e. The van der Waals surface area contributed by atoms with Gasteiger partial charge < -0.3 is 19.7 Å². The van der Waals surface area contributed by atoms with E-state index in [0.717, 1.165) is 71.9 Å². The van der Waals surface area contributed by atoms with Gasteiger partial charge in [0.05, 0.1) is 13.2 Å². The zero-order valence-electron chi connectivity index (χ0n) is 21.4. The van der Waals surface area contributed by atoms with Gasteiger partial charge in [-0.15, -0.1) is 21.5 Å². The number of carbonyl (C=O) groups excluding carboxylic acids is 1. The highest BCUT2D eigenvalue weighted by molar-refractivity contribution is 7.11. The van der Waals surface area contributed by atoms with Gasteiger partial charge >= 0.3 is 6.09 Å². The summed E-state index contributed by atoms with van der Waals surface area (Å²) in [4.78, 5) is 19.1. The average Bonchev–Trinajstić information content (AvgIpc) is 3.41. The molecule has 4 rings (SSSR count). The number of aromatic nitrogens is 3. The lowest BCUT2D eigenvalue weighted by Crippen LogP contribution is -2.36. The Labute approximate surface area is 221 Å². The maximum atomic E-state index is 11.9. The van der Waals surface area contributed by atoms with Crippen LogP contribution in [0.2, 0.25) is 0 Å². The second-order valence-corrected chi connectivity index (χ2v) is 9.95. The van der Waals surface area contributed by atoms with Crippen molar-refractivity contribution >= 4 is 34.6 Å². The quantitative estimate of drug-likeness (QED) is 0.338. The average molecular weight is 523 g/mol. The van der Waals surface area contributed by atoms with Crippen molar-refractivity contribution < 1.29 is 14.3 Å². The van der Waals surface area contributed by atoms with Gasteiger partial charge in [-0.05, 0) is 36.6 Å². The van der Waals surface area contributed by atoms with Gasteiger partial charge in [0.15, 0.2) is 0 Å². The fourth-order valence-electron chi connectivity index (χ4n) is 4.02. The van der Waals surface area contributed by atoms with E-state index in [-0.39, 0.29) is 12.5 Å². The van der Waals surface area contributed by atoms with E-state index in [1.165, 1.54) is 6.08 Å². The van der Waals surface area contributed by atoms with Crippen LogP contribution in [0.5, 0.6) is 0 Å². The smallest absolute Gasteiger partial charge is 0.411 e. The molecule has 1 atom stereocenters. The van der Waals surface area contributed by atoms with Crippen molar-refractivity contribution in [1.29, 1.82) is 0 Å². The minimum absolute atomic E-state index is 0.165. The lowest BCUT2D eigenvalue weighted by atomic mass is 10.1. The van der Waals surface area contributed by atoms with Gasteiger partial charge in [0.2, 0.25) is 0 Å². The van der Waals surface area contributed by atoms with Crippen molar-refractivity contribution in [3.05, 3.63) is 70.3 Å². The number of anilines is 3. The molecule has 1 aromatic carbocycles. The third-order valence-electron chi connectivity index (χ3n) is 5.94. The zero-order chi connectivity index (χ0) is 26.0. The van der Waals surface area contributed by atoms with E-state index >= 15 is 0 Å². The molecule has 1 amide bonds.